The molecule has 3 fully saturated rings. The second kappa shape index (κ2) is 8.27. The summed E-state index contributed by atoms with van der Waals surface area (Å²) in [6.07, 6.45) is 10.9. The molecule has 3 aliphatic carbocycles. The Morgan fingerprint density at radius 1 is 1.03 bits per heavy atom. The van der Waals surface area contributed by atoms with Gasteiger partial charge in [-0.25, -0.2) is 9.78 Å². The van der Waals surface area contributed by atoms with Crippen LogP contribution in [0.15, 0.2) is 67.1 Å². The molecule has 1 aliphatic heterocycles. The molecule has 7 rings (SSSR count). The number of amides is 2. The molecule has 0 spiro atoms. The summed E-state index contributed by atoms with van der Waals surface area (Å²) in [5.74, 6) is 0. The number of hydrogen-bond acceptors (Lipinski definition) is 3. The lowest BCUT2D eigenvalue weighted by molar-refractivity contribution is -0.0237. The Bertz CT molecular complexity index is 1180. The van der Waals surface area contributed by atoms with Crippen LogP contribution in [0.3, 0.4) is 0 Å². The Balaban J connectivity index is 1.15. The second-order valence-corrected chi connectivity index (χ2v) is 10.5. The summed E-state index contributed by atoms with van der Waals surface area (Å²) in [5, 5.41) is 17.9. The lowest BCUT2D eigenvalue weighted by Crippen LogP contribution is -2.53. The smallest absolute Gasteiger partial charge is 0.319 e. The number of nitrogens with zero attached hydrogens (tertiary/aromatic N) is 2. The first-order valence-electron chi connectivity index (χ1n) is 12.5. The molecule has 1 aromatic heterocycles. The van der Waals surface area contributed by atoms with E-state index in [-0.39, 0.29) is 29.1 Å². The van der Waals surface area contributed by atoms with E-state index in [9.17, 15) is 9.90 Å². The molecule has 2 bridgehead atoms. The average molecular weight is 457 g/mol. The van der Waals surface area contributed by atoms with E-state index in [4.69, 9.17) is 0 Å². The number of aromatic nitrogens is 2. The van der Waals surface area contributed by atoms with Gasteiger partial charge in [0, 0.05) is 16.8 Å². The molecule has 4 aliphatic rings. The molecule has 2 atom stereocenters. The Morgan fingerprint density at radius 3 is 2.62 bits per heavy atom. The Labute approximate surface area is 200 Å². The molecular formula is C28H32N4O2. The lowest BCUT2D eigenvalue weighted by atomic mass is 9.64. The topological polar surface area (TPSA) is 79.2 Å². The van der Waals surface area contributed by atoms with Gasteiger partial charge in [-0.1, -0.05) is 48.9 Å². The van der Waals surface area contributed by atoms with E-state index in [0.717, 1.165) is 56.3 Å². The minimum Gasteiger partial charge on any atom is -0.392 e. The van der Waals surface area contributed by atoms with E-state index in [2.05, 4.69) is 44.5 Å². The third-order valence-corrected chi connectivity index (χ3v) is 8.69. The summed E-state index contributed by atoms with van der Waals surface area (Å²) in [6.45, 7) is 0. The maximum Gasteiger partial charge on any atom is 0.319 e. The first-order chi connectivity index (χ1) is 16.6. The molecule has 6 nitrogen and oxygen atoms in total. The number of hydrogen-bond donors (Lipinski definition) is 3. The van der Waals surface area contributed by atoms with Gasteiger partial charge in [0.25, 0.3) is 0 Å². The zero-order valence-corrected chi connectivity index (χ0v) is 19.4. The molecular weight excluding hydrogens is 424 g/mol. The maximum atomic E-state index is 12.7. The number of fused-ring (bicyclic) bond motifs is 7. The predicted octanol–water partition coefficient (Wildman–Crippen LogP) is 5.51. The zero-order valence-electron chi connectivity index (χ0n) is 19.4. The fourth-order valence-corrected chi connectivity index (χ4v) is 6.75. The van der Waals surface area contributed by atoms with Gasteiger partial charge >= 0.3 is 6.03 Å². The van der Waals surface area contributed by atoms with Gasteiger partial charge in [0.1, 0.15) is 0 Å². The lowest BCUT2D eigenvalue weighted by Gasteiger charge is -2.46. The van der Waals surface area contributed by atoms with Crippen molar-refractivity contribution >= 4 is 11.7 Å². The van der Waals surface area contributed by atoms with Gasteiger partial charge in [-0.05, 0) is 68.1 Å². The standard InChI is InChI=1S/C28H32N4O2/c33-25(17-23-21-9-4-5-10-22(21)24-18-29-19-32(23)24)27-11-6-12-28(15-13-27,16-14-27)31-26(34)30-20-7-2-1-3-8-20/h1-5,7-10,18-19,23,25,33H,6,11-17H2,(H2,30,31,34). The third kappa shape index (κ3) is 3.61. The van der Waals surface area contributed by atoms with E-state index in [0.29, 0.717) is 6.42 Å². The van der Waals surface area contributed by atoms with Gasteiger partial charge in [0.15, 0.2) is 0 Å². The highest BCUT2D eigenvalue weighted by Crippen LogP contribution is 2.54. The molecule has 6 heteroatoms. The van der Waals surface area contributed by atoms with Crippen LogP contribution in [0.4, 0.5) is 10.5 Å². The van der Waals surface area contributed by atoms with Crippen molar-refractivity contribution in [3.8, 4) is 11.3 Å². The number of aliphatic hydroxyl groups is 1. The minimum atomic E-state index is -0.381. The van der Waals surface area contributed by atoms with E-state index < -0.39 is 0 Å². The van der Waals surface area contributed by atoms with Crippen LogP contribution in [-0.4, -0.2) is 32.3 Å². The molecule has 2 unspecified atom stereocenters. The van der Waals surface area contributed by atoms with Crippen LogP contribution in [0.1, 0.15) is 63.0 Å². The van der Waals surface area contributed by atoms with Gasteiger partial charge in [-0.15, -0.1) is 0 Å². The molecule has 2 aromatic carbocycles. The summed E-state index contributed by atoms with van der Waals surface area (Å²) in [6, 6.07) is 18.1. The van der Waals surface area contributed by atoms with Crippen LogP contribution in [0.5, 0.6) is 0 Å². The maximum absolute atomic E-state index is 12.7. The molecule has 176 valence electrons. The van der Waals surface area contributed by atoms with E-state index in [1.807, 2.05) is 42.9 Å². The predicted molar refractivity (Wildman–Crippen MR) is 133 cm³/mol. The number of carbonyl (C=O) groups is 1. The number of aliphatic hydroxyl groups excluding tert-OH is 1. The molecule has 2 heterocycles. The molecule has 3 aromatic rings. The van der Waals surface area contributed by atoms with Crippen LogP contribution < -0.4 is 10.6 Å². The van der Waals surface area contributed by atoms with Crippen molar-refractivity contribution in [2.24, 2.45) is 5.41 Å². The summed E-state index contributed by atoms with van der Waals surface area (Å²) in [5.41, 5.74) is 4.22. The molecule has 34 heavy (non-hydrogen) atoms. The van der Waals surface area contributed by atoms with Crippen LogP contribution in [0.25, 0.3) is 11.3 Å². The highest BCUT2D eigenvalue weighted by Gasteiger charge is 2.50. The summed E-state index contributed by atoms with van der Waals surface area (Å²) in [7, 11) is 0. The van der Waals surface area contributed by atoms with Gasteiger partial charge in [-0.2, -0.15) is 0 Å². The van der Waals surface area contributed by atoms with Crippen LogP contribution in [-0.2, 0) is 0 Å². The van der Waals surface area contributed by atoms with Gasteiger partial charge in [0.05, 0.1) is 30.4 Å². The van der Waals surface area contributed by atoms with Crippen LogP contribution in [0.2, 0.25) is 0 Å². The molecule has 0 radical (unpaired) electrons. The Hall–Kier alpha value is -3.12. The van der Waals surface area contributed by atoms with Crippen molar-refractivity contribution in [1.29, 1.82) is 0 Å². The van der Waals surface area contributed by atoms with Crippen molar-refractivity contribution in [3.05, 3.63) is 72.7 Å². The molecule has 2 amide bonds. The quantitative estimate of drug-likeness (QED) is 0.474. The Kier molecular flexibility index (Phi) is 5.21. The average Bonchev–Trinajstić information content (AvgIpc) is 3.32. The second-order valence-electron chi connectivity index (χ2n) is 10.5. The van der Waals surface area contributed by atoms with Gasteiger partial charge < -0.3 is 20.3 Å². The van der Waals surface area contributed by atoms with Crippen molar-refractivity contribution in [1.82, 2.24) is 14.9 Å². The van der Waals surface area contributed by atoms with Crippen LogP contribution in [0, 0.1) is 5.41 Å². The number of imidazole rings is 1. The third-order valence-electron chi connectivity index (χ3n) is 8.69. The monoisotopic (exact) mass is 456 g/mol. The summed E-state index contributed by atoms with van der Waals surface area (Å²) < 4.78 is 2.23. The first-order valence-corrected chi connectivity index (χ1v) is 12.5. The number of anilines is 1. The SMILES string of the molecule is O=C(Nc1ccccc1)NC12CCCC(C(O)CC3c4ccccc4-c4cncn43)(CC1)CC2. The van der Waals surface area contributed by atoms with Gasteiger partial charge in [-0.3, -0.25) is 0 Å². The fourth-order valence-electron chi connectivity index (χ4n) is 6.75. The van der Waals surface area contributed by atoms with Crippen LogP contribution >= 0.6 is 0 Å². The first kappa shape index (κ1) is 21.4. The largest absolute Gasteiger partial charge is 0.392 e. The summed E-state index contributed by atoms with van der Waals surface area (Å²) >= 11 is 0. The number of benzene rings is 2. The van der Waals surface area contributed by atoms with Crippen molar-refractivity contribution in [2.45, 2.75) is 69.1 Å². The van der Waals surface area contributed by atoms with Crippen molar-refractivity contribution < 1.29 is 9.90 Å². The zero-order chi connectivity index (χ0) is 23.2. The number of urea groups is 1. The number of carbonyl (C=O) groups excluding carboxylic acids is 1. The molecule has 0 saturated heterocycles. The minimum absolute atomic E-state index is 0.0735. The van der Waals surface area contributed by atoms with E-state index >= 15 is 0 Å². The van der Waals surface area contributed by atoms with E-state index in [1.54, 1.807) is 0 Å². The highest BCUT2D eigenvalue weighted by atomic mass is 16.3. The van der Waals surface area contributed by atoms with Crippen molar-refractivity contribution in [3.63, 3.8) is 0 Å². The Morgan fingerprint density at radius 2 is 1.79 bits per heavy atom. The molecule has 3 saturated carbocycles. The van der Waals surface area contributed by atoms with Gasteiger partial charge in [0.2, 0.25) is 0 Å². The molecule has 3 N–H and O–H groups in total. The number of rotatable bonds is 5. The number of nitrogens with one attached hydrogen (secondary N) is 2. The summed E-state index contributed by atoms with van der Waals surface area (Å²) in [4.78, 5) is 17.1. The highest BCUT2D eigenvalue weighted by molar-refractivity contribution is 5.89. The van der Waals surface area contributed by atoms with E-state index in [1.165, 1.54) is 11.1 Å². The number of para-hydroxylation sites is 1. The normalized spacial score (nSPS) is 28.0. The fraction of sp³-hybridized carbons (Fsp3) is 0.429. The van der Waals surface area contributed by atoms with Crippen molar-refractivity contribution in [2.75, 3.05) is 5.32 Å².